The van der Waals surface area contributed by atoms with E-state index >= 15 is 0 Å². The van der Waals surface area contributed by atoms with Crippen molar-refractivity contribution in [2.75, 3.05) is 0 Å². The van der Waals surface area contributed by atoms with Crippen molar-refractivity contribution in [1.29, 1.82) is 0 Å². The summed E-state index contributed by atoms with van der Waals surface area (Å²) in [6.07, 6.45) is 0. The molecule has 0 radical (unpaired) electrons. The van der Waals surface area contributed by atoms with Crippen LogP contribution in [-0.2, 0) is 0 Å². The molecule has 3 aromatic carbocycles. The summed E-state index contributed by atoms with van der Waals surface area (Å²) in [6.45, 7) is 0. The van der Waals surface area contributed by atoms with Crippen molar-refractivity contribution in [1.82, 2.24) is 0 Å². The van der Waals surface area contributed by atoms with E-state index in [0.29, 0.717) is 10.0 Å². The van der Waals surface area contributed by atoms with Gasteiger partial charge in [0.15, 0.2) is 0 Å². The van der Waals surface area contributed by atoms with Crippen molar-refractivity contribution in [3.05, 3.63) is 88.9 Å². The predicted octanol–water partition coefficient (Wildman–Crippen LogP) is 4.20. The van der Waals surface area contributed by atoms with Crippen LogP contribution in [0.15, 0.2) is 78.9 Å². The molecule has 0 aliphatic rings. The summed E-state index contributed by atoms with van der Waals surface area (Å²) in [6, 6.07) is 26.1. The summed E-state index contributed by atoms with van der Waals surface area (Å²) < 4.78 is 3.24. The van der Waals surface area contributed by atoms with Gasteiger partial charge in [0.05, 0.1) is 0 Å². The van der Waals surface area contributed by atoms with Gasteiger partial charge in [0, 0.05) is 0 Å². The second kappa shape index (κ2) is 6.68. The van der Waals surface area contributed by atoms with E-state index in [0.717, 1.165) is 13.2 Å². The van der Waals surface area contributed by atoms with Crippen LogP contribution in [0.3, 0.4) is 0 Å². The Kier molecular flexibility index (Phi) is 4.84. The third kappa shape index (κ3) is 2.81. The van der Waals surface area contributed by atoms with Gasteiger partial charge in [0.25, 0.3) is 0 Å². The van der Waals surface area contributed by atoms with Crippen molar-refractivity contribution in [3.8, 4) is 0 Å². The number of rotatable bonds is 3. The van der Waals surface area contributed by atoms with E-state index in [4.69, 9.17) is 33.2 Å². The van der Waals surface area contributed by atoms with Crippen LogP contribution in [0.1, 0.15) is 0 Å². The predicted molar refractivity (Wildman–Crippen MR) is 99.9 cm³/mol. The van der Waals surface area contributed by atoms with Gasteiger partial charge in [-0.15, -0.1) is 0 Å². The van der Waals surface area contributed by atoms with E-state index in [9.17, 15) is 0 Å². The summed E-state index contributed by atoms with van der Waals surface area (Å²) in [5.41, 5.74) is 0. The molecule has 0 aromatic heterocycles. The van der Waals surface area contributed by atoms with Gasteiger partial charge < -0.3 is 0 Å². The standard InChI is InChI=1S/C18H13Cl3Ge/c19-16-12-7-13-17(18(16)20)22(21,14-8-3-1-4-9-14)15-10-5-2-6-11-15/h1-13H. The van der Waals surface area contributed by atoms with Crippen LogP contribution in [0.25, 0.3) is 0 Å². The van der Waals surface area contributed by atoms with E-state index < -0.39 is 12.3 Å². The fourth-order valence-corrected chi connectivity index (χ4v) is 12.5. The Bertz CT molecular complexity index is 733. The Labute approximate surface area is 147 Å². The molecule has 0 fully saturated rings. The third-order valence-corrected chi connectivity index (χ3v) is 15.3. The number of hydrogen-bond donors (Lipinski definition) is 0. The number of hydrogen-bond acceptors (Lipinski definition) is 0. The van der Waals surface area contributed by atoms with Crippen LogP contribution in [0.2, 0.25) is 10.0 Å². The topological polar surface area (TPSA) is 0 Å². The molecule has 0 heterocycles. The van der Waals surface area contributed by atoms with Gasteiger partial charge in [0.2, 0.25) is 0 Å². The first-order valence-corrected chi connectivity index (χ1v) is 13.5. The van der Waals surface area contributed by atoms with Crippen LogP contribution in [0.4, 0.5) is 0 Å². The van der Waals surface area contributed by atoms with Crippen LogP contribution >= 0.6 is 33.2 Å². The monoisotopic (exact) mass is 408 g/mol. The zero-order valence-corrected chi connectivity index (χ0v) is 16.0. The molecular formula is C18H13Cl3Ge. The van der Waals surface area contributed by atoms with Crippen molar-refractivity contribution in [2.24, 2.45) is 0 Å². The molecule has 0 saturated heterocycles. The molecule has 0 saturated carbocycles. The zero-order chi connectivity index (χ0) is 15.6. The van der Waals surface area contributed by atoms with E-state index in [1.54, 1.807) is 6.07 Å². The molecule has 0 aliphatic carbocycles. The molecule has 0 bridgehead atoms. The van der Waals surface area contributed by atoms with Gasteiger partial charge in [-0.2, -0.15) is 0 Å². The first-order valence-electron chi connectivity index (χ1n) is 6.88. The fourth-order valence-electron chi connectivity index (χ4n) is 2.58. The summed E-state index contributed by atoms with van der Waals surface area (Å²) in [5.74, 6) is 0. The SMILES string of the molecule is Clc1ccc[c]([Ge]([Cl])([c]2ccccc2)[c]2ccccc2)c1Cl. The Morgan fingerprint density at radius 1 is 0.591 bits per heavy atom. The second-order valence-corrected chi connectivity index (χ2v) is 15.0. The average molecular weight is 408 g/mol. The molecule has 0 N–H and O–H groups in total. The van der Waals surface area contributed by atoms with Crippen LogP contribution in [-0.4, -0.2) is 12.3 Å². The molecule has 4 heteroatoms. The molecule has 0 atom stereocenters. The normalized spacial score (nSPS) is 11.4. The van der Waals surface area contributed by atoms with E-state index in [-0.39, 0.29) is 0 Å². The van der Waals surface area contributed by atoms with Gasteiger partial charge >= 0.3 is 148 Å². The third-order valence-electron chi connectivity index (χ3n) is 3.67. The zero-order valence-electron chi connectivity index (χ0n) is 11.6. The molecule has 0 unspecified atom stereocenters. The molecule has 0 spiro atoms. The maximum atomic E-state index is 7.34. The van der Waals surface area contributed by atoms with Crippen molar-refractivity contribution in [3.63, 3.8) is 0 Å². The van der Waals surface area contributed by atoms with Gasteiger partial charge in [-0.1, -0.05) is 0 Å². The number of halogens is 3. The molecule has 22 heavy (non-hydrogen) atoms. The van der Waals surface area contributed by atoms with E-state index in [2.05, 4.69) is 24.3 Å². The quantitative estimate of drug-likeness (QED) is 0.570. The summed E-state index contributed by atoms with van der Waals surface area (Å²) in [4.78, 5) is 0. The Hall–Kier alpha value is -0.927. The summed E-state index contributed by atoms with van der Waals surface area (Å²) >= 11 is 9.41. The minimum absolute atomic E-state index is 0.543. The molecule has 3 rings (SSSR count). The molecule has 110 valence electrons. The Morgan fingerprint density at radius 3 is 1.59 bits per heavy atom. The first kappa shape index (κ1) is 15.9. The Morgan fingerprint density at radius 2 is 1.09 bits per heavy atom. The minimum atomic E-state index is -3.33. The fraction of sp³-hybridized carbons (Fsp3) is 0. The van der Waals surface area contributed by atoms with E-state index in [1.165, 1.54) is 0 Å². The van der Waals surface area contributed by atoms with Crippen LogP contribution < -0.4 is 13.2 Å². The molecule has 0 amide bonds. The molecule has 0 nitrogen and oxygen atoms in total. The van der Waals surface area contributed by atoms with Crippen molar-refractivity contribution in [2.45, 2.75) is 0 Å². The van der Waals surface area contributed by atoms with Gasteiger partial charge in [0.1, 0.15) is 0 Å². The van der Waals surface area contributed by atoms with E-state index in [1.807, 2.05) is 48.5 Å². The number of benzene rings is 3. The first-order chi connectivity index (χ1) is 10.6. The van der Waals surface area contributed by atoms with Gasteiger partial charge in [-0.25, -0.2) is 0 Å². The van der Waals surface area contributed by atoms with Gasteiger partial charge in [-0.05, 0) is 0 Å². The van der Waals surface area contributed by atoms with Crippen molar-refractivity contribution < 1.29 is 0 Å². The molecular weight excluding hydrogens is 395 g/mol. The molecule has 3 aromatic rings. The van der Waals surface area contributed by atoms with Gasteiger partial charge in [-0.3, -0.25) is 0 Å². The Balaban J connectivity index is 2.31. The molecule has 0 aliphatic heterocycles. The maximum absolute atomic E-state index is 7.34. The van der Waals surface area contributed by atoms with Crippen molar-refractivity contribution >= 4 is 58.7 Å². The summed E-state index contributed by atoms with van der Waals surface area (Å²) in [7, 11) is 7.34. The van der Waals surface area contributed by atoms with Crippen LogP contribution in [0.5, 0.6) is 0 Å². The summed E-state index contributed by atoms with van der Waals surface area (Å²) in [5, 5.41) is 1.11. The average Bonchev–Trinajstić information content (AvgIpc) is 2.58. The second-order valence-electron chi connectivity index (χ2n) is 4.99. The van der Waals surface area contributed by atoms with Crippen LogP contribution in [0, 0.1) is 0 Å².